The van der Waals surface area contributed by atoms with Crippen molar-refractivity contribution in [1.82, 2.24) is 5.32 Å². The van der Waals surface area contributed by atoms with Crippen molar-refractivity contribution in [3.05, 3.63) is 53.6 Å². The fourth-order valence-electron chi connectivity index (χ4n) is 2.59. The predicted octanol–water partition coefficient (Wildman–Crippen LogP) is 4.60. The summed E-state index contributed by atoms with van der Waals surface area (Å²) in [5.74, 6) is 3.13. The molecule has 0 heterocycles. The number of hydrogen-bond donors (Lipinski definition) is 1. The van der Waals surface area contributed by atoms with Gasteiger partial charge < -0.3 is 19.5 Å². The van der Waals surface area contributed by atoms with Gasteiger partial charge in [-0.2, -0.15) is 0 Å². The van der Waals surface area contributed by atoms with Crippen molar-refractivity contribution >= 4 is 12.4 Å². The van der Waals surface area contributed by atoms with Gasteiger partial charge in [0.05, 0.1) is 7.11 Å². The highest BCUT2D eigenvalue weighted by Gasteiger charge is 2.12. The number of rotatable bonds is 10. The van der Waals surface area contributed by atoms with Crippen molar-refractivity contribution in [3.8, 4) is 17.2 Å². The average Bonchev–Trinajstić information content (AvgIpc) is 2.61. The lowest BCUT2D eigenvalue weighted by atomic mass is 10.00. The Bertz CT molecular complexity index is 647. The largest absolute Gasteiger partial charge is 0.496 e. The molecule has 0 amide bonds. The molecule has 0 saturated carbocycles. The molecule has 144 valence electrons. The summed E-state index contributed by atoms with van der Waals surface area (Å²) in [5, 5.41) is 3.34. The standard InChI is InChI=1S/C21H29NO3.ClH/c1-16(2)19-15-20(23-4)17(3)14-21(19)25-13-11-22-10-12-24-18-8-6-5-7-9-18;/h5-9,14-16,22H,10-13H2,1-4H3;1H. The molecule has 26 heavy (non-hydrogen) atoms. The second-order valence-electron chi connectivity index (χ2n) is 6.27. The zero-order valence-corrected chi connectivity index (χ0v) is 16.9. The summed E-state index contributed by atoms with van der Waals surface area (Å²) in [6.07, 6.45) is 0. The van der Waals surface area contributed by atoms with Gasteiger partial charge in [0.15, 0.2) is 0 Å². The molecule has 0 atom stereocenters. The lowest BCUT2D eigenvalue weighted by Gasteiger charge is -2.17. The summed E-state index contributed by atoms with van der Waals surface area (Å²) in [6, 6.07) is 14.0. The Balaban J connectivity index is 0.00000338. The van der Waals surface area contributed by atoms with Crippen molar-refractivity contribution in [2.75, 3.05) is 33.4 Å². The SMILES string of the molecule is COc1cc(C(C)C)c(OCCNCCOc2ccccc2)cc1C.Cl. The zero-order chi connectivity index (χ0) is 18.1. The summed E-state index contributed by atoms with van der Waals surface area (Å²) < 4.78 is 17.0. The third-order valence-electron chi connectivity index (χ3n) is 3.98. The molecular weight excluding hydrogens is 350 g/mol. The first-order chi connectivity index (χ1) is 12.1. The summed E-state index contributed by atoms with van der Waals surface area (Å²) in [6.45, 7) is 9.19. The lowest BCUT2D eigenvalue weighted by molar-refractivity contribution is 0.286. The molecule has 2 rings (SSSR count). The lowest BCUT2D eigenvalue weighted by Crippen LogP contribution is -2.26. The maximum atomic E-state index is 5.98. The van der Waals surface area contributed by atoms with Gasteiger partial charge in [-0.15, -0.1) is 12.4 Å². The van der Waals surface area contributed by atoms with Crippen LogP contribution in [0.2, 0.25) is 0 Å². The second kappa shape index (κ2) is 11.7. The van der Waals surface area contributed by atoms with E-state index in [0.717, 1.165) is 35.9 Å². The molecule has 0 saturated heterocycles. The number of hydrogen-bond acceptors (Lipinski definition) is 4. The predicted molar refractivity (Wildman–Crippen MR) is 109 cm³/mol. The summed E-state index contributed by atoms with van der Waals surface area (Å²) in [7, 11) is 1.70. The minimum atomic E-state index is 0. The average molecular weight is 380 g/mol. The van der Waals surface area contributed by atoms with E-state index in [-0.39, 0.29) is 12.4 Å². The maximum absolute atomic E-state index is 5.98. The van der Waals surface area contributed by atoms with E-state index in [1.165, 1.54) is 5.56 Å². The monoisotopic (exact) mass is 379 g/mol. The molecule has 1 N–H and O–H groups in total. The van der Waals surface area contributed by atoms with Crippen LogP contribution in [0.4, 0.5) is 0 Å². The number of halogens is 1. The highest BCUT2D eigenvalue weighted by Crippen LogP contribution is 2.33. The maximum Gasteiger partial charge on any atom is 0.123 e. The quantitative estimate of drug-likeness (QED) is 0.612. The van der Waals surface area contributed by atoms with Gasteiger partial charge in [0.1, 0.15) is 30.5 Å². The molecule has 0 radical (unpaired) electrons. The fourth-order valence-corrected chi connectivity index (χ4v) is 2.59. The third kappa shape index (κ3) is 6.77. The smallest absolute Gasteiger partial charge is 0.123 e. The molecule has 0 spiro atoms. The van der Waals surface area contributed by atoms with Crippen LogP contribution in [-0.2, 0) is 0 Å². The number of ether oxygens (including phenoxy) is 3. The van der Waals surface area contributed by atoms with E-state index in [2.05, 4.69) is 31.3 Å². The molecule has 5 heteroatoms. The van der Waals surface area contributed by atoms with Crippen LogP contribution in [0.3, 0.4) is 0 Å². The normalized spacial score (nSPS) is 10.3. The minimum Gasteiger partial charge on any atom is -0.496 e. The first-order valence-electron chi connectivity index (χ1n) is 8.81. The molecule has 0 aliphatic rings. The van der Waals surface area contributed by atoms with Crippen molar-refractivity contribution in [2.24, 2.45) is 0 Å². The van der Waals surface area contributed by atoms with E-state index in [1.807, 2.05) is 37.3 Å². The molecule has 2 aromatic carbocycles. The van der Waals surface area contributed by atoms with Crippen molar-refractivity contribution in [3.63, 3.8) is 0 Å². The minimum absolute atomic E-state index is 0. The van der Waals surface area contributed by atoms with E-state index in [4.69, 9.17) is 14.2 Å². The van der Waals surface area contributed by atoms with E-state index in [0.29, 0.717) is 19.1 Å². The van der Waals surface area contributed by atoms with E-state index < -0.39 is 0 Å². The van der Waals surface area contributed by atoms with E-state index >= 15 is 0 Å². The van der Waals surface area contributed by atoms with Crippen LogP contribution in [-0.4, -0.2) is 33.4 Å². The van der Waals surface area contributed by atoms with Gasteiger partial charge in [-0.1, -0.05) is 32.0 Å². The number of aryl methyl sites for hydroxylation is 1. The van der Waals surface area contributed by atoms with Gasteiger partial charge in [-0.25, -0.2) is 0 Å². The van der Waals surface area contributed by atoms with Crippen molar-refractivity contribution < 1.29 is 14.2 Å². The molecule has 0 aliphatic carbocycles. The van der Waals surface area contributed by atoms with Gasteiger partial charge in [-0.05, 0) is 42.7 Å². The van der Waals surface area contributed by atoms with Gasteiger partial charge in [0.2, 0.25) is 0 Å². The summed E-state index contributed by atoms with van der Waals surface area (Å²) in [5.41, 5.74) is 2.26. The van der Waals surface area contributed by atoms with Crippen LogP contribution in [0, 0.1) is 6.92 Å². The number of para-hydroxylation sites is 1. The number of methoxy groups -OCH3 is 1. The van der Waals surface area contributed by atoms with Crippen LogP contribution < -0.4 is 19.5 Å². The van der Waals surface area contributed by atoms with Crippen LogP contribution in [0.25, 0.3) is 0 Å². The Kier molecular flexibility index (Phi) is 9.92. The molecule has 0 bridgehead atoms. The first-order valence-corrected chi connectivity index (χ1v) is 8.81. The Hall–Kier alpha value is -1.91. The highest BCUT2D eigenvalue weighted by atomic mass is 35.5. The van der Waals surface area contributed by atoms with Crippen molar-refractivity contribution in [2.45, 2.75) is 26.7 Å². The topological polar surface area (TPSA) is 39.7 Å². The number of nitrogens with one attached hydrogen (secondary N) is 1. The Morgan fingerprint density at radius 1 is 0.923 bits per heavy atom. The molecule has 0 fully saturated rings. The Morgan fingerprint density at radius 3 is 2.19 bits per heavy atom. The molecule has 0 aliphatic heterocycles. The fraction of sp³-hybridized carbons (Fsp3) is 0.429. The van der Waals surface area contributed by atoms with Gasteiger partial charge in [0.25, 0.3) is 0 Å². The Labute approximate surface area is 163 Å². The van der Waals surface area contributed by atoms with Crippen LogP contribution >= 0.6 is 12.4 Å². The van der Waals surface area contributed by atoms with Crippen LogP contribution in [0.1, 0.15) is 30.9 Å². The van der Waals surface area contributed by atoms with Crippen LogP contribution in [0.5, 0.6) is 17.2 Å². The van der Waals surface area contributed by atoms with Crippen molar-refractivity contribution in [1.29, 1.82) is 0 Å². The van der Waals surface area contributed by atoms with E-state index in [9.17, 15) is 0 Å². The summed E-state index contributed by atoms with van der Waals surface area (Å²) in [4.78, 5) is 0. The highest BCUT2D eigenvalue weighted by molar-refractivity contribution is 5.85. The molecule has 0 unspecified atom stereocenters. The van der Waals surface area contributed by atoms with E-state index in [1.54, 1.807) is 7.11 Å². The number of benzene rings is 2. The molecule has 2 aromatic rings. The molecular formula is C21H30ClNO3. The Morgan fingerprint density at radius 2 is 1.58 bits per heavy atom. The van der Waals surface area contributed by atoms with Crippen LogP contribution in [0.15, 0.2) is 42.5 Å². The first kappa shape index (κ1) is 22.1. The zero-order valence-electron chi connectivity index (χ0n) is 16.1. The second-order valence-corrected chi connectivity index (χ2v) is 6.27. The third-order valence-corrected chi connectivity index (χ3v) is 3.98. The van der Waals surface area contributed by atoms with Gasteiger partial charge in [0, 0.05) is 18.7 Å². The van der Waals surface area contributed by atoms with Gasteiger partial charge >= 0.3 is 0 Å². The summed E-state index contributed by atoms with van der Waals surface area (Å²) >= 11 is 0. The molecule has 4 nitrogen and oxygen atoms in total. The molecule has 0 aromatic heterocycles. The van der Waals surface area contributed by atoms with Gasteiger partial charge in [-0.3, -0.25) is 0 Å².